The Bertz CT molecular complexity index is 1010. The van der Waals surface area contributed by atoms with E-state index >= 15 is 0 Å². The average molecular weight is 927 g/mol. The molecular formula is C62H119NO3. The van der Waals surface area contributed by atoms with Gasteiger partial charge in [-0.2, -0.15) is 0 Å². The van der Waals surface area contributed by atoms with Gasteiger partial charge < -0.3 is 15.5 Å². The van der Waals surface area contributed by atoms with Crippen molar-refractivity contribution in [2.24, 2.45) is 0 Å². The Morgan fingerprint density at radius 3 is 0.924 bits per heavy atom. The van der Waals surface area contributed by atoms with Gasteiger partial charge in [0.2, 0.25) is 5.91 Å². The summed E-state index contributed by atoms with van der Waals surface area (Å²) in [5, 5.41) is 23.3. The largest absolute Gasteiger partial charge is 0.394 e. The van der Waals surface area contributed by atoms with Crippen LogP contribution in [0, 0.1) is 0 Å². The molecule has 0 radical (unpaired) electrons. The minimum absolute atomic E-state index is 0.0250. The van der Waals surface area contributed by atoms with Crippen molar-refractivity contribution in [2.75, 3.05) is 6.61 Å². The molecule has 2 unspecified atom stereocenters. The smallest absolute Gasteiger partial charge is 0.220 e. The summed E-state index contributed by atoms with van der Waals surface area (Å²) < 4.78 is 0. The monoisotopic (exact) mass is 926 g/mol. The SMILES string of the molecule is CCCCCCC/C=C\C/C=C\C/C=C\CCCCCCCCCCCCCCCCCCCCCCCCC(=O)NC(CO)C(O)CCCCCCCCCCCCCCCCCCC. The highest BCUT2D eigenvalue weighted by molar-refractivity contribution is 5.76. The molecule has 0 saturated carbocycles. The van der Waals surface area contributed by atoms with Crippen molar-refractivity contribution in [1.29, 1.82) is 0 Å². The van der Waals surface area contributed by atoms with Gasteiger partial charge in [-0.1, -0.05) is 314 Å². The number of allylic oxidation sites excluding steroid dienone is 6. The van der Waals surface area contributed by atoms with E-state index in [0.29, 0.717) is 12.8 Å². The predicted octanol–water partition coefficient (Wildman–Crippen LogP) is 20.0. The fraction of sp³-hybridized carbons (Fsp3) is 0.887. The van der Waals surface area contributed by atoms with Crippen LogP contribution in [0.4, 0.5) is 0 Å². The van der Waals surface area contributed by atoms with Gasteiger partial charge in [0.1, 0.15) is 0 Å². The highest BCUT2D eigenvalue weighted by Crippen LogP contribution is 2.18. The zero-order chi connectivity index (χ0) is 47.7. The third-order valence-corrected chi connectivity index (χ3v) is 14.2. The number of amides is 1. The lowest BCUT2D eigenvalue weighted by Gasteiger charge is -2.22. The van der Waals surface area contributed by atoms with Gasteiger partial charge in [-0.25, -0.2) is 0 Å². The van der Waals surface area contributed by atoms with Crippen LogP contribution in [-0.4, -0.2) is 34.9 Å². The first-order valence-electron chi connectivity index (χ1n) is 30.2. The Kier molecular flexibility index (Phi) is 56.7. The van der Waals surface area contributed by atoms with E-state index in [1.165, 1.54) is 270 Å². The quantitative estimate of drug-likeness (QED) is 0.0420. The first-order chi connectivity index (χ1) is 32.7. The van der Waals surface area contributed by atoms with Crippen molar-refractivity contribution in [2.45, 2.75) is 347 Å². The van der Waals surface area contributed by atoms with E-state index in [0.717, 1.165) is 38.5 Å². The lowest BCUT2D eigenvalue weighted by atomic mass is 10.0. The summed E-state index contributed by atoms with van der Waals surface area (Å²) in [6, 6.07) is -0.534. The first kappa shape index (κ1) is 64.6. The van der Waals surface area contributed by atoms with E-state index in [-0.39, 0.29) is 12.5 Å². The van der Waals surface area contributed by atoms with E-state index in [9.17, 15) is 15.0 Å². The summed E-state index contributed by atoms with van der Waals surface area (Å²) in [6.45, 7) is 4.38. The van der Waals surface area contributed by atoms with Crippen LogP contribution < -0.4 is 5.32 Å². The zero-order valence-corrected chi connectivity index (χ0v) is 45.0. The topological polar surface area (TPSA) is 69.6 Å². The van der Waals surface area contributed by atoms with Crippen LogP contribution in [0.3, 0.4) is 0 Å². The number of rotatable bonds is 56. The number of hydrogen-bond donors (Lipinski definition) is 3. The molecule has 0 aliphatic rings. The second-order valence-electron chi connectivity index (χ2n) is 20.8. The maximum atomic E-state index is 12.5. The van der Waals surface area contributed by atoms with Crippen molar-refractivity contribution in [3.63, 3.8) is 0 Å². The molecule has 0 rings (SSSR count). The Morgan fingerprint density at radius 2 is 0.621 bits per heavy atom. The van der Waals surface area contributed by atoms with Crippen LogP contribution in [0.5, 0.6) is 0 Å². The van der Waals surface area contributed by atoms with Gasteiger partial charge in [-0.05, 0) is 51.4 Å². The molecule has 390 valence electrons. The average Bonchev–Trinajstić information content (AvgIpc) is 3.32. The Balaban J connectivity index is 3.39. The van der Waals surface area contributed by atoms with Crippen LogP contribution in [-0.2, 0) is 4.79 Å². The highest BCUT2D eigenvalue weighted by Gasteiger charge is 2.20. The van der Waals surface area contributed by atoms with Gasteiger partial charge in [-0.3, -0.25) is 4.79 Å². The third-order valence-electron chi connectivity index (χ3n) is 14.2. The van der Waals surface area contributed by atoms with Crippen LogP contribution in [0.2, 0.25) is 0 Å². The van der Waals surface area contributed by atoms with Crippen LogP contribution in [0.15, 0.2) is 36.5 Å². The molecular weight excluding hydrogens is 807 g/mol. The Labute approximate surface area is 414 Å². The molecule has 0 aromatic heterocycles. The molecule has 1 amide bonds. The lowest BCUT2D eigenvalue weighted by Crippen LogP contribution is -2.45. The molecule has 0 aliphatic heterocycles. The van der Waals surface area contributed by atoms with Gasteiger partial charge in [0, 0.05) is 6.42 Å². The fourth-order valence-electron chi connectivity index (χ4n) is 9.55. The Hall–Kier alpha value is -1.39. The molecule has 0 bridgehead atoms. The summed E-state index contributed by atoms with van der Waals surface area (Å²) in [6.07, 6.45) is 78.7. The van der Waals surface area contributed by atoms with Gasteiger partial charge in [0.15, 0.2) is 0 Å². The molecule has 0 fully saturated rings. The van der Waals surface area contributed by atoms with Crippen LogP contribution in [0.1, 0.15) is 335 Å². The van der Waals surface area contributed by atoms with Crippen LogP contribution >= 0.6 is 0 Å². The van der Waals surface area contributed by atoms with Crippen molar-refractivity contribution < 1.29 is 15.0 Å². The molecule has 4 heteroatoms. The number of nitrogens with one attached hydrogen (secondary N) is 1. The van der Waals surface area contributed by atoms with E-state index in [1.807, 2.05) is 0 Å². The first-order valence-corrected chi connectivity index (χ1v) is 30.2. The second-order valence-corrected chi connectivity index (χ2v) is 20.8. The van der Waals surface area contributed by atoms with Gasteiger partial charge >= 0.3 is 0 Å². The lowest BCUT2D eigenvalue weighted by molar-refractivity contribution is -0.123. The van der Waals surface area contributed by atoms with Crippen LogP contribution in [0.25, 0.3) is 0 Å². The van der Waals surface area contributed by atoms with E-state index in [1.54, 1.807) is 0 Å². The number of unbranched alkanes of at least 4 members (excludes halogenated alkanes) is 43. The minimum atomic E-state index is -0.657. The van der Waals surface area contributed by atoms with Crippen molar-refractivity contribution >= 4 is 5.91 Å². The van der Waals surface area contributed by atoms with Gasteiger partial charge in [0.25, 0.3) is 0 Å². The molecule has 0 heterocycles. The number of aliphatic hydroxyl groups is 2. The third kappa shape index (κ3) is 53.6. The van der Waals surface area contributed by atoms with E-state index in [4.69, 9.17) is 0 Å². The van der Waals surface area contributed by atoms with Crippen molar-refractivity contribution in [1.82, 2.24) is 5.32 Å². The molecule has 0 aliphatic carbocycles. The Morgan fingerprint density at radius 1 is 0.364 bits per heavy atom. The zero-order valence-electron chi connectivity index (χ0n) is 45.0. The van der Waals surface area contributed by atoms with Gasteiger partial charge in [-0.15, -0.1) is 0 Å². The van der Waals surface area contributed by atoms with E-state index in [2.05, 4.69) is 55.6 Å². The van der Waals surface area contributed by atoms with Gasteiger partial charge in [0.05, 0.1) is 18.8 Å². The normalized spacial score (nSPS) is 13.0. The molecule has 0 saturated heterocycles. The summed E-state index contributed by atoms with van der Waals surface area (Å²) >= 11 is 0. The maximum Gasteiger partial charge on any atom is 0.220 e. The highest BCUT2D eigenvalue weighted by atomic mass is 16.3. The molecule has 0 spiro atoms. The molecule has 0 aromatic rings. The number of carbonyl (C=O) groups is 1. The van der Waals surface area contributed by atoms with Crippen molar-refractivity contribution in [3.05, 3.63) is 36.5 Å². The van der Waals surface area contributed by atoms with Crippen molar-refractivity contribution in [3.8, 4) is 0 Å². The molecule has 0 aromatic carbocycles. The minimum Gasteiger partial charge on any atom is -0.394 e. The van der Waals surface area contributed by atoms with E-state index < -0.39 is 12.1 Å². The second kappa shape index (κ2) is 57.9. The molecule has 66 heavy (non-hydrogen) atoms. The summed E-state index contributed by atoms with van der Waals surface area (Å²) in [5.41, 5.74) is 0. The summed E-state index contributed by atoms with van der Waals surface area (Å²) in [7, 11) is 0. The maximum absolute atomic E-state index is 12.5. The molecule has 4 nitrogen and oxygen atoms in total. The fourth-order valence-corrected chi connectivity index (χ4v) is 9.55. The molecule has 3 N–H and O–H groups in total. The molecule has 2 atom stereocenters. The number of aliphatic hydroxyl groups excluding tert-OH is 2. The summed E-state index contributed by atoms with van der Waals surface area (Å²) in [5.74, 6) is -0.0250. The predicted molar refractivity (Wildman–Crippen MR) is 295 cm³/mol. The number of hydrogen-bond acceptors (Lipinski definition) is 3. The summed E-state index contributed by atoms with van der Waals surface area (Å²) in [4.78, 5) is 12.5. The standard InChI is InChI=1S/C62H119NO3/c1-3-5-7-9-11-13-15-17-19-21-22-23-24-25-26-27-28-29-30-31-32-33-34-35-36-37-38-39-40-42-44-46-48-50-52-54-56-58-62(66)63-60(59-64)61(65)57-55-53-51-49-47-45-43-41-20-18-16-14-12-10-8-6-4-2/h15,17,21-22,24-25,60-61,64-65H,3-14,16,18-20,23,26-59H2,1-2H3,(H,63,66)/b17-15-,22-21-,25-24-. The number of carbonyl (C=O) groups excluding carboxylic acids is 1.